The first-order chi connectivity index (χ1) is 11.4. The normalized spacial score (nSPS) is 10.2. The maximum absolute atomic E-state index is 11.6. The summed E-state index contributed by atoms with van der Waals surface area (Å²) in [6, 6.07) is 12.0. The van der Waals surface area contributed by atoms with E-state index in [0.29, 0.717) is 0 Å². The summed E-state index contributed by atoms with van der Waals surface area (Å²) in [7, 11) is 0. The first-order valence-electron chi connectivity index (χ1n) is 7.18. The van der Waals surface area contributed by atoms with Crippen molar-refractivity contribution >= 4 is 17.7 Å². The Morgan fingerprint density at radius 3 is 2.21 bits per heavy atom. The molecule has 0 saturated carbocycles. The molecule has 0 aliphatic carbocycles. The fourth-order valence-electron chi connectivity index (χ4n) is 2.36. The topological polar surface area (TPSA) is 101 Å². The van der Waals surface area contributed by atoms with Crippen molar-refractivity contribution in [3.8, 4) is 5.75 Å². The fourth-order valence-corrected chi connectivity index (χ4v) is 2.36. The minimum absolute atomic E-state index is 0.0152. The van der Waals surface area contributed by atoms with Gasteiger partial charge in [-0.2, -0.15) is 0 Å². The number of Topliss-reactive ketones (excluding diaryl/α,β-unsaturated/α-hetero) is 1. The molecular weight excluding hydrogens is 312 g/mol. The molecule has 2 N–H and O–H groups in total. The van der Waals surface area contributed by atoms with Crippen LogP contribution >= 0.6 is 0 Å². The smallest absolute Gasteiger partial charge is 0.336 e. The Labute approximate surface area is 138 Å². The number of carboxylic acid groups (broad SMARTS) is 2. The van der Waals surface area contributed by atoms with Crippen molar-refractivity contribution < 1.29 is 29.3 Å². The molecule has 2 aromatic carbocycles. The van der Waals surface area contributed by atoms with Gasteiger partial charge >= 0.3 is 11.9 Å². The second-order valence-corrected chi connectivity index (χ2v) is 5.17. The lowest BCUT2D eigenvalue weighted by atomic mass is 9.95. The van der Waals surface area contributed by atoms with Gasteiger partial charge < -0.3 is 14.9 Å². The average molecular weight is 328 g/mol. The number of ether oxygens (including phenoxy) is 1. The Kier molecular flexibility index (Phi) is 5.31. The van der Waals surface area contributed by atoms with Crippen molar-refractivity contribution in [2.75, 3.05) is 0 Å². The summed E-state index contributed by atoms with van der Waals surface area (Å²) in [5.41, 5.74) is 0.478. The quantitative estimate of drug-likeness (QED) is 0.758. The van der Waals surface area contributed by atoms with E-state index in [0.717, 1.165) is 5.56 Å². The van der Waals surface area contributed by atoms with E-state index >= 15 is 0 Å². The number of carbonyl (C=O) groups is 3. The zero-order valence-corrected chi connectivity index (χ0v) is 13.0. The van der Waals surface area contributed by atoms with Crippen LogP contribution in [0, 0.1) is 0 Å². The second kappa shape index (κ2) is 7.41. The van der Waals surface area contributed by atoms with Gasteiger partial charge in [-0.15, -0.1) is 0 Å². The first-order valence-corrected chi connectivity index (χ1v) is 7.18. The number of hydrogen-bond donors (Lipinski definition) is 2. The van der Waals surface area contributed by atoms with Crippen molar-refractivity contribution in [2.24, 2.45) is 0 Å². The largest absolute Gasteiger partial charge is 0.489 e. The zero-order chi connectivity index (χ0) is 17.7. The molecule has 0 heterocycles. The number of aromatic carboxylic acids is 1. The molecule has 0 aliphatic heterocycles. The lowest BCUT2D eigenvalue weighted by Crippen LogP contribution is -2.15. The number of benzene rings is 2. The third-order valence-corrected chi connectivity index (χ3v) is 3.43. The molecule has 0 bridgehead atoms. The van der Waals surface area contributed by atoms with E-state index in [-0.39, 0.29) is 29.0 Å². The predicted molar refractivity (Wildman–Crippen MR) is 85.5 cm³/mol. The summed E-state index contributed by atoms with van der Waals surface area (Å²) < 4.78 is 5.61. The van der Waals surface area contributed by atoms with Gasteiger partial charge in [0.15, 0.2) is 5.78 Å². The minimum Gasteiger partial charge on any atom is -0.489 e. The van der Waals surface area contributed by atoms with Gasteiger partial charge in [0.05, 0.1) is 12.0 Å². The number of carboxylic acids is 2. The second-order valence-electron chi connectivity index (χ2n) is 5.17. The fraction of sp³-hybridized carbons (Fsp3) is 0.167. The highest BCUT2D eigenvalue weighted by Crippen LogP contribution is 2.28. The molecule has 124 valence electrons. The van der Waals surface area contributed by atoms with Gasteiger partial charge in [0.2, 0.25) is 0 Å². The molecule has 2 aromatic rings. The van der Waals surface area contributed by atoms with Crippen LogP contribution in [0.2, 0.25) is 0 Å². The lowest BCUT2D eigenvalue weighted by molar-refractivity contribution is -0.136. The number of aliphatic carboxylic acids is 1. The molecule has 0 atom stereocenters. The van der Waals surface area contributed by atoms with Crippen molar-refractivity contribution in [3.05, 3.63) is 64.7 Å². The van der Waals surface area contributed by atoms with E-state index in [1.807, 2.05) is 30.3 Å². The van der Waals surface area contributed by atoms with Crippen LogP contribution in [0.5, 0.6) is 5.75 Å². The summed E-state index contributed by atoms with van der Waals surface area (Å²) in [6.45, 7) is 1.39. The maximum Gasteiger partial charge on any atom is 0.336 e. The Morgan fingerprint density at radius 2 is 1.67 bits per heavy atom. The number of hydrogen-bond acceptors (Lipinski definition) is 4. The Bertz CT molecular complexity index is 780. The van der Waals surface area contributed by atoms with Crippen molar-refractivity contribution in [1.29, 1.82) is 0 Å². The summed E-state index contributed by atoms with van der Waals surface area (Å²) in [5, 5.41) is 18.5. The van der Waals surface area contributed by atoms with E-state index in [1.54, 1.807) is 0 Å². The molecule has 2 rings (SSSR count). The minimum atomic E-state index is -1.36. The maximum atomic E-state index is 11.6. The van der Waals surface area contributed by atoms with Crippen LogP contribution in [0.15, 0.2) is 42.5 Å². The standard InChI is InChI=1S/C18H16O6/c1-11(19)13-7-8-15(24-10-12-5-3-2-4-6-12)14(9-16(20)21)17(13)18(22)23/h2-8H,9-10H2,1H3,(H,20,21)(H,22,23). The molecular formula is C18H16O6. The highest BCUT2D eigenvalue weighted by atomic mass is 16.5. The van der Waals surface area contributed by atoms with Crippen molar-refractivity contribution in [3.63, 3.8) is 0 Å². The molecule has 0 fully saturated rings. The van der Waals surface area contributed by atoms with E-state index in [1.165, 1.54) is 19.1 Å². The van der Waals surface area contributed by atoms with Gasteiger partial charge in [0.25, 0.3) is 0 Å². The highest BCUT2D eigenvalue weighted by molar-refractivity contribution is 6.06. The zero-order valence-electron chi connectivity index (χ0n) is 13.0. The van der Waals surface area contributed by atoms with Crippen LogP contribution in [0.1, 0.15) is 38.8 Å². The van der Waals surface area contributed by atoms with Crippen LogP contribution in [0.4, 0.5) is 0 Å². The Morgan fingerprint density at radius 1 is 1.00 bits per heavy atom. The van der Waals surface area contributed by atoms with Gasteiger partial charge in [0, 0.05) is 11.1 Å². The predicted octanol–water partition coefficient (Wildman–Crippen LogP) is 2.79. The highest BCUT2D eigenvalue weighted by Gasteiger charge is 2.23. The molecule has 6 nitrogen and oxygen atoms in total. The van der Waals surface area contributed by atoms with Crippen LogP contribution in [-0.2, 0) is 17.8 Å². The number of ketones is 1. The van der Waals surface area contributed by atoms with E-state index in [4.69, 9.17) is 9.84 Å². The Hall–Kier alpha value is -3.15. The third-order valence-electron chi connectivity index (χ3n) is 3.43. The van der Waals surface area contributed by atoms with Gasteiger partial charge in [0.1, 0.15) is 12.4 Å². The van der Waals surface area contributed by atoms with Gasteiger partial charge in [-0.1, -0.05) is 30.3 Å². The molecule has 0 amide bonds. The van der Waals surface area contributed by atoms with Crippen LogP contribution in [0.3, 0.4) is 0 Å². The summed E-state index contributed by atoms with van der Waals surface area (Å²) in [4.78, 5) is 34.3. The molecule has 0 aromatic heterocycles. The molecule has 0 aliphatic rings. The number of rotatable bonds is 7. The third kappa shape index (κ3) is 3.98. The molecule has 0 unspecified atom stereocenters. The summed E-state index contributed by atoms with van der Waals surface area (Å²) in [6.07, 6.45) is -0.549. The summed E-state index contributed by atoms with van der Waals surface area (Å²) >= 11 is 0. The molecule has 6 heteroatoms. The first kappa shape index (κ1) is 17.2. The molecule has 24 heavy (non-hydrogen) atoms. The van der Waals surface area contributed by atoms with Gasteiger partial charge in [-0.25, -0.2) is 4.79 Å². The van der Waals surface area contributed by atoms with Crippen LogP contribution in [0.25, 0.3) is 0 Å². The SMILES string of the molecule is CC(=O)c1ccc(OCc2ccccc2)c(CC(=O)O)c1C(=O)O. The Balaban J connectivity index is 2.46. The van der Waals surface area contributed by atoms with E-state index < -0.39 is 24.1 Å². The van der Waals surface area contributed by atoms with Crippen molar-refractivity contribution in [2.45, 2.75) is 20.0 Å². The molecule has 0 spiro atoms. The van der Waals surface area contributed by atoms with Crippen LogP contribution < -0.4 is 4.74 Å². The van der Waals surface area contributed by atoms with E-state index in [9.17, 15) is 19.5 Å². The van der Waals surface area contributed by atoms with Crippen molar-refractivity contribution in [1.82, 2.24) is 0 Å². The molecule has 0 saturated heterocycles. The summed E-state index contributed by atoms with van der Waals surface area (Å²) in [5.74, 6) is -2.87. The molecule has 0 radical (unpaired) electrons. The average Bonchev–Trinajstić information content (AvgIpc) is 2.53. The number of carbonyl (C=O) groups excluding carboxylic acids is 1. The van der Waals surface area contributed by atoms with E-state index in [2.05, 4.69) is 0 Å². The monoisotopic (exact) mass is 328 g/mol. The lowest BCUT2D eigenvalue weighted by Gasteiger charge is -2.15. The van der Waals surface area contributed by atoms with Gasteiger partial charge in [-0.3, -0.25) is 9.59 Å². The van der Waals surface area contributed by atoms with Gasteiger partial charge in [-0.05, 0) is 24.6 Å². The van der Waals surface area contributed by atoms with Crippen LogP contribution in [-0.4, -0.2) is 27.9 Å².